The summed E-state index contributed by atoms with van der Waals surface area (Å²) in [4.78, 5) is 20.9. The summed E-state index contributed by atoms with van der Waals surface area (Å²) in [5, 5.41) is 0. The summed E-state index contributed by atoms with van der Waals surface area (Å²) in [5.74, 6) is 5.58. The van der Waals surface area contributed by atoms with Gasteiger partial charge in [0.2, 0.25) is 0 Å². The summed E-state index contributed by atoms with van der Waals surface area (Å²) in [6, 6.07) is 8.52. The van der Waals surface area contributed by atoms with E-state index in [1.807, 2.05) is 0 Å². The first kappa shape index (κ1) is 22.9. The number of hydrogen-bond acceptors (Lipinski definition) is 3. The number of carbonyl (C=O) groups is 2. The van der Waals surface area contributed by atoms with Gasteiger partial charge in [0.1, 0.15) is 6.29 Å². The van der Waals surface area contributed by atoms with Crippen LogP contribution in [0.2, 0.25) is 0 Å². The number of methoxy groups -OCH3 is 1. The Balaban J connectivity index is 0.000000477. The van der Waals surface area contributed by atoms with Crippen LogP contribution < -0.4 is 0 Å². The fourth-order valence-corrected chi connectivity index (χ4v) is 2.15. The molecule has 1 unspecified atom stereocenters. The van der Waals surface area contributed by atoms with Crippen molar-refractivity contribution < 1.29 is 14.3 Å². The second-order valence-corrected chi connectivity index (χ2v) is 6.38. The third-order valence-electron chi connectivity index (χ3n) is 3.88. The van der Waals surface area contributed by atoms with Crippen molar-refractivity contribution in [3.8, 4) is 11.8 Å². The maximum Gasteiger partial charge on any atom is 0.384 e. The van der Waals surface area contributed by atoms with Crippen LogP contribution in [0.15, 0.2) is 24.3 Å². The third-order valence-corrected chi connectivity index (χ3v) is 3.88. The Kier molecular flexibility index (Phi) is 13.1. The minimum Gasteiger partial charge on any atom is -0.459 e. The van der Waals surface area contributed by atoms with E-state index in [9.17, 15) is 9.59 Å². The first-order chi connectivity index (χ1) is 12.0. The van der Waals surface area contributed by atoms with E-state index in [2.05, 4.69) is 68.5 Å². The van der Waals surface area contributed by atoms with E-state index in [0.717, 1.165) is 19.1 Å². The van der Waals surface area contributed by atoms with Crippen molar-refractivity contribution in [3.05, 3.63) is 35.4 Å². The fourth-order valence-electron chi connectivity index (χ4n) is 2.15. The summed E-state index contributed by atoms with van der Waals surface area (Å²) in [7, 11) is 1.34. The number of benzene rings is 1. The van der Waals surface area contributed by atoms with Gasteiger partial charge in [0.15, 0.2) is 0 Å². The van der Waals surface area contributed by atoms with E-state index in [-0.39, 0.29) is 0 Å². The van der Waals surface area contributed by atoms with Gasteiger partial charge in [-0.05, 0) is 29.4 Å². The highest BCUT2D eigenvalue weighted by Gasteiger charge is 2.06. The van der Waals surface area contributed by atoms with Crippen molar-refractivity contribution in [1.29, 1.82) is 0 Å². The Labute approximate surface area is 153 Å². The molecule has 0 fully saturated rings. The second-order valence-electron chi connectivity index (χ2n) is 6.38. The molecular formula is C22H32O3. The van der Waals surface area contributed by atoms with Crippen LogP contribution in [0.25, 0.3) is 0 Å². The van der Waals surface area contributed by atoms with Crippen LogP contribution in [0.5, 0.6) is 0 Å². The number of hydrogen-bond donors (Lipinski definition) is 0. The molecule has 1 atom stereocenters. The molecule has 25 heavy (non-hydrogen) atoms. The molecule has 1 aromatic carbocycles. The minimum atomic E-state index is -0.443. The van der Waals surface area contributed by atoms with E-state index in [0.29, 0.717) is 18.3 Å². The average Bonchev–Trinajstić information content (AvgIpc) is 2.62. The lowest BCUT2D eigenvalue weighted by molar-refractivity contribution is -0.133. The number of ether oxygens (including phenoxy) is 1. The minimum absolute atomic E-state index is 0.339. The van der Waals surface area contributed by atoms with E-state index >= 15 is 0 Å². The first-order valence-electron chi connectivity index (χ1n) is 9.06. The summed E-state index contributed by atoms with van der Waals surface area (Å²) in [6.45, 7) is 8.59. The SMILES string of the molecule is CC(C)c1cccc(C(C)CC=O)c1.CCCCCC#CC(=O)OC. The quantitative estimate of drug-likeness (QED) is 0.223. The second kappa shape index (κ2) is 14.3. The predicted molar refractivity (Wildman–Crippen MR) is 104 cm³/mol. The molecule has 3 heteroatoms. The molecule has 0 radical (unpaired) electrons. The molecular weight excluding hydrogens is 312 g/mol. The van der Waals surface area contributed by atoms with Gasteiger partial charge in [-0.2, -0.15) is 0 Å². The van der Waals surface area contributed by atoms with Gasteiger partial charge < -0.3 is 9.53 Å². The lowest BCUT2D eigenvalue weighted by Gasteiger charge is -2.11. The van der Waals surface area contributed by atoms with Gasteiger partial charge in [0, 0.05) is 18.8 Å². The standard InChI is InChI=1S/C13H18O.C9H14O2/c1-10(2)12-5-4-6-13(9-12)11(3)7-8-14;1-3-4-5-6-7-8-9(10)11-2/h4-6,8-11H,7H2,1-3H3;3-6H2,1-2H3. The van der Waals surface area contributed by atoms with Gasteiger partial charge in [-0.15, -0.1) is 0 Å². The highest BCUT2D eigenvalue weighted by molar-refractivity contribution is 5.88. The molecule has 0 aliphatic rings. The predicted octanol–water partition coefficient (Wildman–Crippen LogP) is 5.25. The number of esters is 1. The Morgan fingerprint density at radius 3 is 2.44 bits per heavy atom. The molecule has 0 spiro atoms. The van der Waals surface area contributed by atoms with Crippen LogP contribution in [0.4, 0.5) is 0 Å². The molecule has 0 saturated carbocycles. The van der Waals surface area contributed by atoms with Crippen LogP contribution in [-0.2, 0) is 14.3 Å². The number of carbonyl (C=O) groups excluding carboxylic acids is 2. The normalized spacial score (nSPS) is 10.8. The third kappa shape index (κ3) is 11.2. The topological polar surface area (TPSA) is 43.4 Å². The van der Waals surface area contributed by atoms with Gasteiger partial charge in [0.25, 0.3) is 0 Å². The molecule has 3 nitrogen and oxygen atoms in total. The zero-order valence-corrected chi connectivity index (χ0v) is 16.3. The van der Waals surface area contributed by atoms with Crippen molar-refractivity contribution in [3.63, 3.8) is 0 Å². The van der Waals surface area contributed by atoms with E-state index in [1.165, 1.54) is 31.1 Å². The number of rotatable bonds is 7. The molecule has 0 saturated heterocycles. The zero-order valence-electron chi connectivity index (χ0n) is 16.3. The van der Waals surface area contributed by atoms with Crippen LogP contribution in [-0.4, -0.2) is 19.4 Å². The maximum absolute atomic E-state index is 10.4. The Hall–Kier alpha value is -2.08. The molecule has 1 rings (SSSR count). The Morgan fingerprint density at radius 1 is 1.20 bits per heavy atom. The van der Waals surface area contributed by atoms with Crippen LogP contribution in [0.3, 0.4) is 0 Å². The molecule has 138 valence electrons. The van der Waals surface area contributed by atoms with Crippen LogP contribution in [0.1, 0.15) is 82.8 Å². The first-order valence-corrected chi connectivity index (χ1v) is 9.06. The molecule has 0 aromatic heterocycles. The number of aldehydes is 1. The van der Waals surface area contributed by atoms with Gasteiger partial charge >= 0.3 is 5.97 Å². The monoisotopic (exact) mass is 344 g/mol. The van der Waals surface area contributed by atoms with Gasteiger partial charge in [-0.25, -0.2) is 4.79 Å². The van der Waals surface area contributed by atoms with E-state index < -0.39 is 5.97 Å². The van der Waals surface area contributed by atoms with Crippen LogP contribution in [0, 0.1) is 11.8 Å². The number of unbranched alkanes of at least 4 members (excludes halogenated alkanes) is 3. The zero-order chi connectivity index (χ0) is 19.1. The van der Waals surface area contributed by atoms with E-state index in [1.54, 1.807) is 0 Å². The molecule has 1 aromatic rings. The van der Waals surface area contributed by atoms with Gasteiger partial charge in [0.05, 0.1) is 7.11 Å². The van der Waals surface area contributed by atoms with Crippen LogP contribution >= 0.6 is 0 Å². The summed E-state index contributed by atoms with van der Waals surface area (Å²) >= 11 is 0. The van der Waals surface area contributed by atoms with Gasteiger partial charge in [-0.1, -0.05) is 70.7 Å². The largest absolute Gasteiger partial charge is 0.459 e. The Bertz CT molecular complexity index is 564. The molecule has 0 heterocycles. The Morgan fingerprint density at radius 2 is 1.88 bits per heavy atom. The van der Waals surface area contributed by atoms with Crippen molar-refractivity contribution in [2.75, 3.05) is 7.11 Å². The molecule has 0 aliphatic heterocycles. The summed E-state index contributed by atoms with van der Waals surface area (Å²) in [5.41, 5.74) is 2.61. The lowest BCUT2D eigenvalue weighted by Crippen LogP contribution is -1.96. The van der Waals surface area contributed by atoms with Crippen molar-refractivity contribution in [2.24, 2.45) is 0 Å². The van der Waals surface area contributed by atoms with Crippen molar-refractivity contribution in [2.45, 2.75) is 71.6 Å². The molecule has 0 N–H and O–H groups in total. The molecule has 0 bridgehead atoms. The van der Waals surface area contributed by atoms with Crippen molar-refractivity contribution >= 4 is 12.3 Å². The summed E-state index contributed by atoms with van der Waals surface area (Å²) < 4.78 is 4.34. The summed E-state index contributed by atoms with van der Waals surface area (Å²) in [6.07, 6.45) is 5.83. The highest BCUT2D eigenvalue weighted by Crippen LogP contribution is 2.22. The smallest absolute Gasteiger partial charge is 0.384 e. The maximum atomic E-state index is 10.4. The van der Waals surface area contributed by atoms with E-state index in [4.69, 9.17) is 0 Å². The average molecular weight is 344 g/mol. The van der Waals surface area contributed by atoms with Gasteiger partial charge in [-0.3, -0.25) is 0 Å². The molecule has 0 aliphatic carbocycles. The highest BCUT2D eigenvalue weighted by atomic mass is 16.5. The lowest BCUT2D eigenvalue weighted by atomic mass is 9.93. The van der Waals surface area contributed by atoms with Crippen molar-refractivity contribution in [1.82, 2.24) is 0 Å². The molecule has 0 amide bonds. The fraction of sp³-hybridized carbons (Fsp3) is 0.545.